The Morgan fingerprint density at radius 2 is 2.00 bits per heavy atom. The van der Waals surface area contributed by atoms with Crippen molar-refractivity contribution in [1.29, 1.82) is 0 Å². The highest BCUT2D eigenvalue weighted by molar-refractivity contribution is 6.31. The second-order valence-corrected chi connectivity index (χ2v) is 5.15. The summed E-state index contributed by atoms with van der Waals surface area (Å²) >= 11 is 0. The monoisotopic (exact) mass is 333 g/mol. The van der Waals surface area contributed by atoms with E-state index in [-0.39, 0.29) is 6.61 Å². The van der Waals surface area contributed by atoms with Gasteiger partial charge in [-0.2, -0.15) is 0 Å². The van der Waals surface area contributed by atoms with Crippen LogP contribution in [0.3, 0.4) is 0 Å². The molecule has 0 radical (unpaired) electrons. The summed E-state index contributed by atoms with van der Waals surface area (Å²) in [6, 6.07) is 14.7. The van der Waals surface area contributed by atoms with Gasteiger partial charge < -0.3 is 14.3 Å². The maximum Gasteiger partial charge on any atom is 0.368 e. The van der Waals surface area contributed by atoms with Crippen LogP contribution in [0, 0.1) is 12.3 Å². The highest BCUT2D eigenvalue weighted by Crippen LogP contribution is 2.30. The van der Waals surface area contributed by atoms with E-state index in [0.29, 0.717) is 22.8 Å². The molecule has 0 unspecified atom stereocenters. The van der Waals surface area contributed by atoms with E-state index in [1.165, 1.54) is 7.11 Å². The number of benzene rings is 2. The van der Waals surface area contributed by atoms with Crippen LogP contribution in [0.4, 0.5) is 0 Å². The molecule has 2 aromatic rings. The lowest BCUT2D eigenvalue weighted by Crippen LogP contribution is -2.06. The minimum Gasteiger partial charge on any atom is -0.493 e. The van der Waals surface area contributed by atoms with Gasteiger partial charge in [0.05, 0.1) is 12.7 Å². The summed E-state index contributed by atoms with van der Waals surface area (Å²) in [5, 5.41) is 3.89. The number of methoxy groups -OCH3 is 1. The fourth-order valence-corrected chi connectivity index (χ4v) is 2.39. The van der Waals surface area contributed by atoms with Crippen LogP contribution >= 0.6 is 0 Å². The molecule has 1 aliphatic rings. The van der Waals surface area contributed by atoms with E-state index in [9.17, 15) is 4.79 Å². The van der Waals surface area contributed by atoms with Crippen LogP contribution in [0.1, 0.15) is 11.1 Å². The lowest BCUT2D eigenvalue weighted by molar-refractivity contribution is -0.136. The Morgan fingerprint density at radius 1 is 1.20 bits per heavy atom. The predicted octanol–water partition coefficient (Wildman–Crippen LogP) is 3.05. The van der Waals surface area contributed by atoms with Gasteiger partial charge >= 0.3 is 5.97 Å². The first-order chi connectivity index (χ1) is 12.2. The first-order valence-corrected chi connectivity index (χ1v) is 7.54. The first kappa shape index (κ1) is 16.3. The number of terminal acetylenes is 1. The molecule has 1 heterocycles. The standard InChI is InChI=1S/C20H15NO4/c1-3-11-24-17-10-9-14(13-18(17)23-2)12-16-19(21-25-20(16)22)15-7-5-4-6-8-15/h1,4-10,12-13H,11H2,2H3/b16-12-. The fraction of sp³-hybridized carbons (Fsp3) is 0.100. The smallest absolute Gasteiger partial charge is 0.368 e. The molecule has 124 valence electrons. The molecule has 1 aliphatic heterocycles. The maximum absolute atomic E-state index is 12.0. The third-order valence-corrected chi connectivity index (χ3v) is 3.55. The third-order valence-electron chi connectivity index (χ3n) is 3.55. The van der Waals surface area contributed by atoms with Gasteiger partial charge in [0.1, 0.15) is 12.3 Å². The van der Waals surface area contributed by atoms with Gasteiger partial charge in [0.15, 0.2) is 11.5 Å². The van der Waals surface area contributed by atoms with E-state index >= 15 is 0 Å². The summed E-state index contributed by atoms with van der Waals surface area (Å²) in [6.07, 6.45) is 6.91. The summed E-state index contributed by atoms with van der Waals surface area (Å²) in [5.74, 6) is 2.97. The Hall–Kier alpha value is -3.52. The van der Waals surface area contributed by atoms with E-state index in [1.807, 2.05) is 30.3 Å². The molecular weight excluding hydrogens is 318 g/mol. The summed E-state index contributed by atoms with van der Waals surface area (Å²) < 4.78 is 10.7. The molecule has 25 heavy (non-hydrogen) atoms. The van der Waals surface area contributed by atoms with Crippen molar-refractivity contribution in [1.82, 2.24) is 0 Å². The SMILES string of the molecule is C#CCOc1ccc(/C=C2\C(=O)ON=C2c2ccccc2)cc1OC. The van der Waals surface area contributed by atoms with Gasteiger partial charge in [-0.3, -0.25) is 0 Å². The molecule has 0 spiro atoms. The molecule has 0 amide bonds. The van der Waals surface area contributed by atoms with Crippen LogP contribution in [0.5, 0.6) is 11.5 Å². The number of carbonyl (C=O) groups is 1. The average molecular weight is 333 g/mol. The normalized spacial score (nSPS) is 14.6. The van der Waals surface area contributed by atoms with Gasteiger partial charge in [-0.25, -0.2) is 4.79 Å². The van der Waals surface area contributed by atoms with Crippen molar-refractivity contribution in [3.8, 4) is 23.8 Å². The van der Waals surface area contributed by atoms with Gasteiger partial charge in [0.25, 0.3) is 0 Å². The molecule has 0 aromatic heterocycles. The Morgan fingerprint density at radius 3 is 2.72 bits per heavy atom. The molecule has 0 aliphatic carbocycles. The summed E-state index contributed by atoms with van der Waals surface area (Å²) in [4.78, 5) is 16.9. The van der Waals surface area contributed by atoms with Gasteiger partial charge in [-0.1, -0.05) is 47.5 Å². The quantitative estimate of drug-likeness (QED) is 0.479. The first-order valence-electron chi connectivity index (χ1n) is 7.54. The molecule has 5 nitrogen and oxygen atoms in total. The Bertz CT molecular complexity index is 892. The molecule has 0 bridgehead atoms. The van der Waals surface area contributed by atoms with Crippen molar-refractivity contribution in [2.75, 3.05) is 13.7 Å². The van der Waals surface area contributed by atoms with Crippen molar-refractivity contribution in [3.05, 3.63) is 65.2 Å². The lowest BCUT2D eigenvalue weighted by Gasteiger charge is -2.09. The Labute approximate surface area is 145 Å². The molecule has 2 aromatic carbocycles. The number of oxime groups is 1. The van der Waals surface area contributed by atoms with Crippen molar-refractivity contribution in [3.63, 3.8) is 0 Å². The highest BCUT2D eigenvalue weighted by atomic mass is 16.7. The molecule has 0 saturated heterocycles. The van der Waals surface area contributed by atoms with Gasteiger partial charge in [-0.15, -0.1) is 6.42 Å². The third kappa shape index (κ3) is 3.54. The molecule has 5 heteroatoms. The van der Waals surface area contributed by atoms with Crippen molar-refractivity contribution >= 4 is 17.8 Å². The van der Waals surface area contributed by atoms with Crippen LogP contribution in [0.2, 0.25) is 0 Å². The minimum absolute atomic E-state index is 0.147. The second-order valence-electron chi connectivity index (χ2n) is 5.15. The highest BCUT2D eigenvalue weighted by Gasteiger charge is 2.26. The van der Waals surface area contributed by atoms with Crippen molar-refractivity contribution < 1.29 is 19.1 Å². The molecule has 0 N–H and O–H groups in total. The van der Waals surface area contributed by atoms with Gasteiger partial charge in [-0.05, 0) is 23.8 Å². The molecule has 3 rings (SSSR count). The molecule has 0 fully saturated rings. The maximum atomic E-state index is 12.0. The van der Waals surface area contributed by atoms with Crippen LogP contribution < -0.4 is 9.47 Å². The lowest BCUT2D eigenvalue weighted by atomic mass is 10.0. The largest absolute Gasteiger partial charge is 0.493 e. The van der Waals surface area contributed by atoms with E-state index < -0.39 is 5.97 Å². The van der Waals surface area contributed by atoms with E-state index in [2.05, 4.69) is 11.1 Å². The van der Waals surface area contributed by atoms with Crippen molar-refractivity contribution in [2.24, 2.45) is 5.16 Å². The number of nitrogens with zero attached hydrogens (tertiary/aromatic N) is 1. The average Bonchev–Trinajstić information content (AvgIpc) is 3.01. The van der Waals surface area contributed by atoms with E-state index in [0.717, 1.165) is 11.1 Å². The molecule has 0 atom stereocenters. The predicted molar refractivity (Wildman–Crippen MR) is 94.4 cm³/mol. The fourth-order valence-electron chi connectivity index (χ4n) is 2.39. The summed E-state index contributed by atoms with van der Waals surface area (Å²) in [6.45, 7) is 0.147. The number of hydrogen-bond acceptors (Lipinski definition) is 5. The van der Waals surface area contributed by atoms with Gasteiger partial charge in [0, 0.05) is 5.56 Å². The van der Waals surface area contributed by atoms with Gasteiger partial charge in [0.2, 0.25) is 0 Å². The van der Waals surface area contributed by atoms with Crippen LogP contribution in [0.15, 0.2) is 59.3 Å². The minimum atomic E-state index is -0.495. The van der Waals surface area contributed by atoms with Crippen LogP contribution in [-0.2, 0) is 9.63 Å². The second kappa shape index (κ2) is 7.37. The summed E-state index contributed by atoms with van der Waals surface area (Å²) in [5.41, 5.74) is 2.44. The Kier molecular flexibility index (Phi) is 4.82. The van der Waals surface area contributed by atoms with Crippen LogP contribution in [0.25, 0.3) is 6.08 Å². The molecular formula is C20H15NO4. The zero-order valence-electron chi connectivity index (χ0n) is 13.6. The van der Waals surface area contributed by atoms with Crippen molar-refractivity contribution in [2.45, 2.75) is 0 Å². The Balaban J connectivity index is 1.95. The van der Waals surface area contributed by atoms with Crippen LogP contribution in [-0.4, -0.2) is 25.4 Å². The topological polar surface area (TPSA) is 57.1 Å². The van der Waals surface area contributed by atoms with E-state index in [4.69, 9.17) is 20.7 Å². The molecule has 0 saturated carbocycles. The number of hydrogen-bond donors (Lipinski definition) is 0. The summed E-state index contributed by atoms with van der Waals surface area (Å²) in [7, 11) is 1.54. The van der Waals surface area contributed by atoms with E-state index in [1.54, 1.807) is 24.3 Å². The number of ether oxygens (including phenoxy) is 2. The zero-order valence-corrected chi connectivity index (χ0v) is 13.6. The number of rotatable bonds is 5. The zero-order chi connectivity index (χ0) is 17.6. The number of carbonyl (C=O) groups excluding carboxylic acids is 1.